The maximum atomic E-state index is 12.9. The predicted octanol–water partition coefficient (Wildman–Crippen LogP) is 4.27. The van der Waals surface area contributed by atoms with Crippen LogP contribution in [0.25, 0.3) is 0 Å². The van der Waals surface area contributed by atoms with Crippen LogP contribution in [0.15, 0.2) is 67.0 Å². The molecule has 0 bridgehead atoms. The molecule has 26 heavy (non-hydrogen) atoms. The van der Waals surface area contributed by atoms with Crippen LogP contribution in [0, 0.1) is 0 Å². The molecular weight excluding hydrogens is 350 g/mol. The molecule has 3 aromatic rings. The second kappa shape index (κ2) is 6.61. The first-order chi connectivity index (χ1) is 12.6. The molecule has 0 unspecified atom stereocenters. The Hall–Kier alpha value is -3.18. The number of benzene rings is 2. The lowest BCUT2D eigenvalue weighted by Crippen LogP contribution is -2.29. The van der Waals surface area contributed by atoms with E-state index in [-0.39, 0.29) is 18.4 Å². The van der Waals surface area contributed by atoms with Crippen LogP contribution in [0.3, 0.4) is 0 Å². The largest absolute Gasteiger partial charge is 0.355 e. The molecule has 1 aromatic heterocycles. The zero-order chi connectivity index (χ0) is 18.1. The number of pyridine rings is 1. The van der Waals surface area contributed by atoms with Gasteiger partial charge in [0.1, 0.15) is 0 Å². The molecule has 5 nitrogen and oxygen atoms in total. The number of amides is 2. The summed E-state index contributed by atoms with van der Waals surface area (Å²) < 4.78 is 0. The van der Waals surface area contributed by atoms with Crippen LogP contribution in [0.4, 0.5) is 11.4 Å². The van der Waals surface area contributed by atoms with Crippen LogP contribution in [0.2, 0.25) is 5.02 Å². The van der Waals surface area contributed by atoms with Crippen molar-refractivity contribution in [3.63, 3.8) is 0 Å². The fourth-order valence-corrected chi connectivity index (χ4v) is 3.07. The van der Waals surface area contributed by atoms with Gasteiger partial charge in [-0.3, -0.25) is 19.5 Å². The minimum absolute atomic E-state index is 0.195. The van der Waals surface area contributed by atoms with Crippen molar-refractivity contribution in [2.45, 2.75) is 6.54 Å². The zero-order valence-corrected chi connectivity index (χ0v) is 14.4. The third-order valence-corrected chi connectivity index (χ3v) is 4.44. The minimum Gasteiger partial charge on any atom is -0.355 e. The Kier molecular flexibility index (Phi) is 4.14. The number of nitrogens with one attached hydrogen (secondary N) is 1. The van der Waals surface area contributed by atoms with Crippen molar-refractivity contribution in [1.82, 2.24) is 9.88 Å². The Balaban J connectivity index is 1.66. The molecule has 1 aliphatic rings. The normalized spacial score (nSPS) is 13.0. The summed E-state index contributed by atoms with van der Waals surface area (Å²) >= 11 is 5.91. The monoisotopic (exact) mass is 363 g/mol. The fraction of sp³-hybridized carbons (Fsp3) is 0.0500. The van der Waals surface area contributed by atoms with Gasteiger partial charge in [0, 0.05) is 23.1 Å². The molecule has 6 heteroatoms. The van der Waals surface area contributed by atoms with E-state index in [0.717, 1.165) is 11.3 Å². The van der Waals surface area contributed by atoms with Crippen molar-refractivity contribution in [2.75, 3.05) is 5.32 Å². The van der Waals surface area contributed by atoms with E-state index in [1.54, 1.807) is 48.8 Å². The summed E-state index contributed by atoms with van der Waals surface area (Å²) in [4.78, 5) is 30.9. The number of carbonyl (C=O) groups is 2. The molecule has 0 saturated carbocycles. The van der Waals surface area contributed by atoms with Gasteiger partial charge in [0.15, 0.2) is 0 Å². The van der Waals surface area contributed by atoms with Crippen LogP contribution < -0.4 is 5.32 Å². The first kappa shape index (κ1) is 16.3. The smallest absolute Gasteiger partial charge is 0.263 e. The Morgan fingerprint density at radius 2 is 1.77 bits per heavy atom. The third kappa shape index (κ3) is 2.93. The average Bonchev–Trinajstić information content (AvgIpc) is 2.90. The SMILES string of the molecule is O=C1c2cccc(Nc3ccc(Cl)cc3)c2C(=O)N1Cc1cccnc1. The fourth-order valence-electron chi connectivity index (χ4n) is 2.94. The number of carbonyl (C=O) groups excluding carboxylic acids is 2. The number of halogens is 1. The molecule has 2 heterocycles. The first-order valence-corrected chi connectivity index (χ1v) is 8.42. The van der Waals surface area contributed by atoms with Gasteiger partial charge in [-0.05, 0) is 48.0 Å². The van der Waals surface area contributed by atoms with Crippen molar-refractivity contribution >= 4 is 34.8 Å². The highest BCUT2D eigenvalue weighted by molar-refractivity contribution is 6.30. The van der Waals surface area contributed by atoms with Crippen molar-refractivity contribution in [1.29, 1.82) is 0 Å². The molecule has 2 aromatic carbocycles. The molecule has 0 fully saturated rings. The van der Waals surface area contributed by atoms with Crippen molar-refractivity contribution in [3.05, 3.63) is 88.7 Å². The van der Waals surface area contributed by atoms with Crippen LogP contribution in [0.1, 0.15) is 26.3 Å². The average molecular weight is 364 g/mol. The van der Waals surface area contributed by atoms with Gasteiger partial charge < -0.3 is 5.32 Å². The highest BCUT2D eigenvalue weighted by Gasteiger charge is 2.37. The van der Waals surface area contributed by atoms with E-state index >= 15 is 0 Å². The Bertz CT molecular complexity index is 988. The number of nitrogens with zero attached hydrogens (tertiary/aromatic N) is 2. The van der Waals surface area contributed by atoms with E-state index in [0.29, 0.717) is 21.8 Å². The molecular formula is C20H14ClN3O2. The molecule has 0 saturated heterocycles. The van der Waals surface area contributed by atoms with Crippen molar-refractivity contribution < 1.29 is 9.59 Å². The van der Waals surface area contributed by atoms with E-state index in [2.05, 4.69) is 10.3 Å². The predicted molar refractivity (Wildman–Crippen MR) is 99.6 cm³/mol. The molecule has 0 radical (unpaired) electrons. The third-order valence-electron chi connectivity index (χ3n) is 4.19. The molecule has 1 N–H and O–H groups in total. The van der Waals surface area contributed by atoms with Crippen molar-refractivity contribution in [2.24, 2.45) is 0 Å². The van der Waals surface area contributed by atoms with E-state index in [1.807, 2.05) is 18.2 Å². The Morgan fingerprint density at radius 1 is 0.962 bits per heavy atom. The van der Waals surface area contributed by atoms with E-state index in [9.17, 15) is 9.59 Å². The second-order valence-electron chi connectivity index (χ2n) is 5.92. The standard InChI is InChI=1S/C20H14ClN3O2/c21-14-6-8-15(9-7-14)23-17-5-1-4-16-18(17)20(26)24(19(16)25)12-13-3-2-10-22-11-13/h1-11,23H,12H2. The number of anilines is 2. The highest BCUT2D eigenvalue weighted by atomic mass is 35.5. The summed E-state index contributed by atoms with van der Waals surface area (Å²) in [5.74, 6) is -0.612. The van der Waals surface area contributed by atoms with Gasteiger partial charge in [0.2, 0.25) is 0 Å². The summed E-state index contributed by atoms with van der Waals surface area (Å²) in [5, 5.41) is 3.82. The summed E-state index contributed by atoms with van der Waals surface area (Å²) in [6.45, 7) is 0.195. The van der Waals surface area contributed by atoms with E-state index in [1.165, 1.54) is 4.90 Å². The van der Waals surface area contributed by atoms with E-state index in [4.69, 9.17) is 11.6 Å². The molecule has 0 atom stereocenters. The Morgan fingerprint density at radius 3 is 2.50 bits per heavy atom. The van der Waals surface area contributed by atoms with Gasteiger partial charge >= 0.3 is 0 Å². The van der Waals surface area contributed by atoms with Crippen LogP contribution in [-0.2, 0) is 6.54 Å². The van der Waals surface area contributed by atoms with E-state index < -0.39 is 0 Å². The molecule has 4 rings (SSSR count). The van der Waals surface area contributed by atoms with Gasteiger partial charge in [0.25, 0.3) is 11.8 Å². The summed E-state index contributed by atoms with van der Waals surface area (Å²) in [5.41, 5.74) is 2.97. The lowest BCUT2D eigenvalue weighted by molar-refractivity contribution is 0.0642. The van der Waals surface area contributed by atoms with Crippen molar-refractivity contribution in [3.8, 4) is 0 Å². The minimum atomic E-state index is -0.314. The van der Waals surface area contributed by atoms with Gasteiger partial charge in [-0.15, -0.1) is 0 Å². The maximum Gasteiger partial charge on any atom is 0.263 e. The number of fused-ring (bicyclic) bond motifs is 1. The van der Waals surface area contributed by atoms with Crippen LogP contribution in [-0.4, -0.2) is 21.7 Å². The lowest BCUT2D eigenvalue weighted by atomic mass is 10.1. The summed E-state index contributed by atoms with van der Waals surface area (Å²) in [7, 11) is 0. The molecule has 0 aliphatic carbocycles. The lowest BCUT2D eigenvalue weighted by Gasteiger charge is -2.14. The van der Waals surface area contributed by atoms with Gasteiger partial charge in [-0.25, -0.2) is 0 Å². The summed E-state index contributed by atoms with van der Waals surface area (Å²) in [6, 6.07) is 16.0. The van der Waals surface area contributed by atoms with Crippen LogP contribution >= 0.6 is 11.6 Å². The molecule has 1 aliphatic heterocycles. The van der Waals surface area contributed by atoms with Gasteiger partial charge in [-0.1, -0.05) is 23.7 Å². The second-order valence-corrected chi connectivity index (χ2v) is 6.35. The number of hydrogen-bond acceptors (Lipinski definition) is 4. The number of hydrogen-bond donors (Lipinski definition) is 1. The maximum absolute atomic E-state index is 12.9. The topological polar surface area (TPSA) is 62.3 Å². The first-order valence-electron chi connectivity index (χ1n) is 8.04. The quantitative estimate of drug-likeness (QED) is 0.703. The highest BCUT2D eigenvalue weighted by Crippen LogP contribution is 2.32. The number of aromatic nitrogens is 1. The molecule has 128 valence electrons. The van der Waals surface area contributed by atoms with Crippen LogP contribution in [0.5, 0.6) is 0 Å². The summed E-state index contributed by atoms with van der Waals surface area (Å²) in [6.07, 6.45) is 3.30. The zero-order valence-electron chi connectivity index (χ0n) is 13.6. The number of imide groups is 1. The van der Waals surface area contributed by atoms with Gasteiger partial charge in [-0.2, -0.15) is 0 Å². The Labute approximate surface area is 155 Å². The molecule has 2 amide bonds. The van der Waals surface area contributed by atoms with Gasteiger partial charge in [0.05, 0.1) is 23.4 Å². The molecule has 0 spiro atoms. The number of rotatable bonds is 4.